The van der Waals surface area contributed by atoms with E-state index in [1.54, 1.807) is 0 Å². The molecule has 3 nitrogen and oxygen atoms in total. The maximum Gasteiger partial charge on any atom is 0.145 e. The molecule has 7 aromatic carbocycles. The first-order valence-corrected chi connectivity index (χ1v) is 16.6. The van der Waals surface area contributed by atoms with E-state index in [1.807, 2.05) is 18.2 Å². The van der Waals surface area contributed by atoms with E-state index in [2.05, 4.69) is 187 Å². The molecular formula is C46H35N3. The highest BCUT2D eigenvalue weighted by molar-refractivity contribution is 5.88. The first-order valence-electron chi connectivity index (χ1n) is 16.6. The van der Waals surface area contributed by atoms with Crippen LogP contribution in [0.1, 0.15) is 11.1 Å². The van der Waals surface area contributed by atoms with Gasteiger partial charge in [-0.25, -0.2) is 4.98 Å². The zero-order chi connectivity index (χ0) is 33.2. The summed E-state index contributed by atoms with van der Waals surface area (Å²) in [5, 5.41) is 0. The van der Waals surface area contributed by atoms with E-state index in [-0.39, 0.29) is 0 Å². The van der Waals surface area contributed by atoms with Crippen molar-refractivity contribution in [1.29, 1.82) is 0 Å². The van der Waals surface area contributed by atoms with Crippen LogP contribution in [0.2, 0.25) is 0 Å². The van der Waals surface area contributed by atoms with Crippen molar-refractivity contribution in [3.63, 3.8) is 0 Å². The molecule has 0 aliphatic carbocycles. The average Bonchev–Trinajstić information content (AvgIpc) is 3.56. The highest BCUT2D eigenvalue weighted by Crippen LogP contribution is 2.36. The molecule has 0 fully saturated rings. The number of aromatic nitrogens is 2. The molecule has 0 radical (unpaired) electrons. The Labute approximate surface area is 287 Å². The Kier molecular flexibility index (Phi) is 7.93. The Morgan fingerprint density at radius 3 is 1.61 bits per heavy atom. The predicted octanol–water partition coefficient (Wildman–Crippen LogP) is 12.1. The van der Waals surface area contributed by atoms with Crippen molar-refractivity contribution in [2.45, 2.75) is 6.92 Å². The van der Waals surface area contributed by atoms with Gasteiger partial charge in [0.15, 0.2) is 0 Å². The zero-order valence-corrected chi connectivity index (χ0v) is 27.4. The normalized spacial score (nSPS) is 11.0. The maximum absolute atomic E-state index is 5.02. The quantitative estimate of drug-likeness (QED) is 0.167. The molecule has 0 saturated heterocycles. The molecule has 0 unspecified atom stereocenters. The minimum Gasteiger partial charge on any atom is -0.310 e. The number of nitrogens with zero attached hydrogens (tertiary/aromatic N) is 3. The van der Waals surface area contributed by atoms with Gasteiger partial charge >= 0.3 is 0 Å². The van der Waals surface area contributed by atoms with Crippen LogP contribution in [-0.4, -0.2) is 9.55 Å². The number of imidazole rings is 1. The third-order valence-electron chi connectivity index (χ3n) is 9.13. The van der Waals surface area contributed by atoms with Crippen LogP contribution >= 0.6 is 0 Å². The van der Waals surface area contributed by atoms with Gasteiger partial charge in [0.2, 0.25) is 0 Å². The minimum atomic E-state index is 0.935. The summed E-state index contributed by atoms with van der Waals surface area (Å²) < 4.78 is 2.24. The molecular weight excluding hydrogens is 595 g/mol. The van der Waals surface area contributed by atoms with Crippen molar-refractivity contribution in [1.82, 2.24) is 9.55 Å². The van der Waals surface area contributed by atoms with Gasteiger partial charge in [0, 0.05) is 28.3 Å². The number of hydrogen-bond donors (Lipinski definition) is 0. The van der Waals surface area contributed by atoms with Crippen molar-refractivity contribution >= 4 is 28.1 Å². The van der Waals surface area contributed by atoms with Gasteiger partial charge in [-0.05, 0) is 82.8 Å². The van der Waals surface area contributed by atoms with Crippen molar-refractivity contribution in [2.75, 3.05) is 4.90 Å². The molecule has 0 amide bonds. The Morgan fingerprint density at radius 1 is 0.510 bits per heavy atom. The van der Waals surface area contributed by atoms with Gasteiger partial charge in [-0.2, -0.15) is 0 Å². The van der Waals surface area contributed by atoms with Gasteiger partial charge in [0.1, 0.15) is 5.82 Å². The topological polar surface area (TPSA) is 21.1 Å². The summed E-state index contributed by atoms with van der Waals surface area (Å²) in [6.45, 7) is 6.69. The highest BCUT2D eigenvalue weighted by atomic mass is 15.1. The number of rotatable bonds is 8. The summed E-state index contributed by atoms with van der Waals surface area (Å²) in [6, 6.07) is 63.8. The van der Waals surface area contributed by atoms with E-state index in [0.717, 1.165) is 50.7 Å². The fourth-order valence-corrected chi connectivity index (χ4v) is 6.54. The molecule has 0 bridgehead atoms. The molecule has 8 rings (SSSR count). The fraction of sp³-hybridized carbons (Fsp3) is 0.0217. The fourth-order valence-electron chi connectivity index (χ4n) is 6.54. The minimum absolute atomic E-state index is 0.935. The Balaban J connectivity index is 1.04. The Bertz CT molecular complexity index is 2370. The first kappa shape index (κ1) is 29.9. The number of benzene rings is 7. The van der Waals surface area contributed by atoms with Crippen LogP contribution < -0.4 is 4.90 Å². The van der Waals surface area contributed by atoms with Gasteiger partial charge in [0.25, 0.3) is 0 Å². The summed E-state index contributed by atoms with van der Waals surface area (Å²) >= 11 is 0. The average molecular weight is 630 g/mol. The van der Waals surface area contributed by atoms with Crippen LogP contribution in [0.3, 0.4) is 0 Å². The van der Waals surface area contributed by atoms with Gasteiger partial charge in [-0.3, -0.25) is 4.57 Å². The van der Waals surface area contributed by atoms with Crippen molar-refractivity contribution in [3.05, 3.63) is 200 Å². The molecule has 49 heavy (non-hydrogen) atoms. The molecule has 234 valence electrons. The molecule has 0 spiro atoms. The standard InChI is InChI=1S/C46H35N3/c1-33-13-9-11-19-44(33)48(41-14-5-3-6-15-41)34(2)35-21-23-36(24-22-35)37-25-27-38(28-26-37)39-29-31-40(32-30-39)46-47-43-18-10-12-20-45(43)49(46)42-16-7-4-8-17-42/h3-32H,2H2,1H3. The number of anilines is 2. The van der Waals surface area contributed by atoms with Crippen LogP contribution in [0, 0.1) is 6.92 Å². The number of para-hydroxylation sites is 5. The predicted molar refractivity (Wildman–Crippen MR) is 206 cm³/mol. The van der Waals surface area contributed by atoms with Crippen LogP contribution in [0.5, 0.6) is 0 Å². The molecule has 0 atom stereocenters. The summed E-state index contributed by atoms with van der Waals surface area (Å²) in [7, 11) is 0. The van der Waals surface area contributed by atoms with Gasteiger partial charge in [-0.1, -0.05) is 146 Å². The second-order valence-corrected chi connectivity index (χ2v) is 12.2. The molecule has 1 aromatic heterocycles. The zero-order valence-electron chi connectivity index (χ0n) is 27.4. The largest absolute Gasteiger partial charge is 0.310 e. The third-order valence-corrected chi connectivity index (χ3v) is 9.13. The lowest BCUT2D eigenvalue weighted by Gasteiger charge is -2.29. The molecule has 0 aliphatic heterocycles. The van der Waals surface area contributed by atoms with Crippen molar-refractivity contribution in [2.24, 2.45) is 0 Å². The number of hydrogen-bond acceptors (Lipinski definition) is 2. The SMILES string of the molecule is C=C(c1ccc(-c2ccc(-c3ccc(-c4nc5ccccc5n4-c4ccccc4)cc3)cc2)cc1)N(c1ccccc1)c1ccccc1C. The van der Waals surface area contributed by atoms with Crippen molar-refractivity contribution in [3.8, 4) is 39.3 Å². The summed E-state index contributed by atoms with van der Waals surface area (Å²) in [5.74, 6) is 0.936. The maximum atomic E-state index is 5.02. The third kappa shape index (κ3) is 5.83. The van der Waals surface area contributed by atoms with E-state index < -0.39 is 0 Å². The molecule has 0 saturated carbocycles. The molecule has 0 N–H and O–H groups in total. The van der Waals surface area contributed by atoms with E-state index in [0.29, 0.717) is 0 Å². The summed E-state index contributed by atoms with van der Waals surface area (Å²) in [5.41, 5.74) is 14.4. The van der Waals surface area contributed by atoms with Gasteiger partial charge < -0.3 is 4.90 Å². The van der Waals surface area contributed by atoms with E-state index in [9.17, 15) is 0 Å². The smallest absolute Gasteiger partial charge is 0.145 e. The van der Waals surface area contributed by atoms with E-state index in [4.69, 9.17) is 4.98 Å². The van der Waals surface area contributed by atoms with Gasteiger partial charge in [0.05, 0.1) is 11.0 Å². The lowest BCUT2D eigenvalue weighted by Crippen LogP contribution is -2.15. The monoisotopic (exact) mass is 629 g/mol. The lowest BCUT2D eigenvalue weighted by molar-refractivity contribution is 1.10. The number of aryl methyl sites for hydroxylation is 1. The first-order chi connectivity index (χ1) is 24.1. The molecule has 8 aromatic rings. The number of fused-ring (bicyclic) bond motifs is 1. The van der Waals surface area contributed by atoms with E-state index >= 15 is 0 Å². The van der Waals surface area contributed by atoms with Crippen LogP contribution in [0.4, 0.5) is 11.4 Å². The van der Waals surface area contributed by atoms with E-state index in [1.165, 1.54) is 27.8 Å². The second kappa shape index (κ2) is 13.0. The second-order valence-electron chi connectivity index (χ2n) is 12.2. The van der Waals surface area contributed by atoms with Crippen LogP contribution in [0.15, 0.2) is 189 Å². The molecule has 3 heteroatoms. The Morgan fingerprint density at radius 2 is 1.00 bits per heavy atom. The lowest BCUT2D eigenvalue weighted by atomic mass is 9.98. The van der Waals surface area contributed by atoms with Crippen LogP contribution in [-0.2, 0) is 0 Å². The highest BCUT2D eigenvalue weighted by Gasteiger charge is 2.17. The van der Waals surface area contributed by atoms with Crippen LogP contribution in [0.25, 0.3) is 56.1 Å². The molecule has 1 heterocycles. The Hall–Kier alpha value is -6.45. The molecule has 0 aliphatic rings. The van der Waals surface area contributed by atoms with Crippen molar-refractivity contribution < 1.29 is 0 Å². The summed E-state index contributed by atoms with van der Waals surface area (Å²) in [6.07, 6.45) is 0. The summed E-state index contributed by atoms with van der Waals surface area (Å²) in [4.78, 5) is 7.26. The van der Waals surface area contributed by atoms with Gasteiger partial charge in [-0.15, -0.1) is 0 Å².